The van der Waals surface area contributed by atoms with Crippen LogP contribution in [-0.4, -0.2) is 54.6 Å². The van der Waals surface area contributed by atoms with Crippen molar-refractivity contribution in [1.82, 2.24) is 4.57 Å². The summed E-state index contributed by atoms with van der Waals surface area (Å²) in [6, 6.07) is 14.0. The van der Waals surface area contributed by atoms with Crippen molar-refractivity contribution in [3.05, 3.63) is 59.3 Å². The van der Waals surface area contributed by atoms with Crippen LogP contribution in [0.1, 0.15) is 54.2 Å². The molecule has 3 aromatic rings. The van der Waals surface area contributed by atoms with Gasteiger partial charge in [0.1, 0.15) is 25.0 Å². The third-order valence-electron chi connectivity index (χ3n) is 6.72. The van der Waals surface area contributed by atoms with E-state index in [0.717, 1.165) is 35.4 Å². The topological polar surface area (TPSA) is 65.1 Å². The van der Waals surface area contributed by atoms with E-state index in [1.54, 1.807) is 0 Å². The van der Waals surface area contributed by atoms with Gasteiger partial charge < -0.3 is 24.0 Å². The Kier molecular flexibility index (Phi) is 7.91. The molecule has 1 aliphatic heterocycles. The van der Waals surface area contributed by atoms with Crippen molar-refractivity contribution in [3.63, 3.8) is 0 Å². The van der Waals surface area contributed by atoms with Gasteiger partial charge in [-0.3, -0.25) is 0 Å². The van der Waals surface area contributed by atoms with Gasteiger partial charge in [-0.25, -0.2) is 4.79 Å². The van der Waals surface area contributed by atoms with E-state index < -0.39 is 6.10 Å². The molecule has 1 aliphatic rings. The predicted octanol–water partition coefficient (Wildman–Crippen LogP) is 3.62. The summed E-state index contributed by atoms with van der Waals surface area (Å²) in [7, 11) is 0. The normalized spacial score (nSPS) is 15.8. The van der Waals surface area contributed by atoms with Gasteiger partial charge in [-0.15, -0.1) is 0 Å². The standard InChI is InChI=1S/C28H36N2O4/c1-4-33-28(32)27-21(3)30(22-11-9-20(2)10-12-22)26-14-13-24(17-25(26)27)34-19-23(31)18-29-15-7-5-6-8-16-29/h9-14,17,23,31H,4-8,15-16,18-19H2,1-3H3/p+1. The van der Waals surface area contributed by atoms with Crippen LogP contribution < -0.4 is 9.64 Å². The number of rotatable bonds is 8. The Balaban J connectivity index is 1.59. The van der Waals surface area contributed by atoms with Gasteiger partial charge in [-0.05, 0) is 76.8 Å². The van der Waals surface area contributed by atoms with Gasteiger partial charge in [0, 0.05) is 16.8 Å². The first-order chi connectivity index (χ1) is 16.5. The quantitative estimate of drug-likeness (QED) is 0.499. The molecular formula is C28H37N2O4+. The summed E-state index contributed by atoms with van der Waals surface area (Å²) in [5, 5.41) is 11.4. The number of ether oxygens (including phenoxy) is 2. The first-order valence-electron chi connectivity index (χ1n) is 12.5. The highest BCUT2D eigenvalue weighted by atomic mass is 16.5. The number of likely N-dealkylation sites (tertiary alicyclic amines) is 1. The molecule has 2 N–H and O–H groups in total. The fourth-order valence-corrected chi connectivity index (χ4v) is 4.99. The van der Waals surface area contributed by atoms with Crippen LogP contribution in [0.4, 0.5) is 0 Å². The van der Waals surface area contributed by atoms with Gasteiger partial charge in [-0.2, -0.15) is 0 Å². The lowest BCUT2D eigenvalue weighted by molar-refractivity contribution is -0.902. The number of hydrogen-bond donors (Lipinski definition) is 2. The number of fused-ring (bicyclic) bond motifs is 1. The van der Waals surface area contributed by atoms with Crippen molar-refractivity contribution < 1.29 is 24.3 Å². The second kappa shape index (κ2) is 11.1. The summed E-state index contributed by atoms with van der Waals surface area (Å²) in [5.74, 6) is 0.307. The summed E-state index contributed by atoms with van der Waals surface area (Å²) < 4.78 is 13.5. The van der Waals surface area contributed by atoms with Crippen LogP contribution in [0.25, 0.3) is 16.6 Å². The number of quaternary nitrogens is 1. The number of carbonyl (C=O) groups is 1. The molecular weight excluding hydrogens is 428 g/mol. The second-order valence-electron chi connectivity index (χ2n) is 9.36. The fraction of sp³-hybridized carbons (Fsp3) is 0.464. The number of hydrogen-bond acceptors (Lipinski definition) is 4. The molecule has 1 fully saturated rings. The first-order valence-corrected chi connectivity index (χ1v) is 12.5. The Morgan fingerprint density at radius 3 is 2.44 bits per heavy atom. The molecule has 6 heteroatoms. The number of esters is 1. The molecule has 0 spiro atoms. The highest BCUT2D eigenvalue weighted by molar-refractivity contribution is 6.07. The van der Waals surface area contributed by atoms with E-state index in [1.807, 2.05) is 32.0 Å². The van der Waals surface area contributed by atoms with Crippen LogP contribution in [0.3, 0.4) is 0 Å². The van der Waals surface area contributed by atoms with Gasteiger partial charge in [0.25, 0.3) is 0 Å². The highest BCUT2D eigenvalue weighted by Crippen LogP contribution is 2.32. The maximum atomic E-state index is 12.9. The molecule has 6 nitrogen and oxygen atoms in total. The molecule has 1 aromatic heterocycles. The number of aromatic nitrogens is 1. The second-order valence-corrected chi connectivity index (χ2v) is 9.36. The Morgan fingerprint density at radius 1 is 1.06 bits per heavy atom. The largest absolute Gasteiger partial charge is 0.491 e. The summed E-state index contributed by atoms with van der Waals surface area (Å²) in [6.45, 7) is 9.32. The van der Waals surface area contributed by atoms with E-state index in [2.05, 4.69) is 35.8 Å². The maximum absolute atomic E-state index is 12.9. The van der Waals surface area contributed by atoms with Gasteiger partial charge in [0.05, 0.1) is 30.8 Å². The predicted molar refractivity (Wildman–Crippen MR) is 134 cm³/mol. The minimum Gasteiger partial charge on any atom is -0.491 e. The van der Waals surface area contributed by atoms with Gasteiger partial charge in [-0.1, -0.05) is 17.7 Å². The zero-order valence-electron chi connectivity index (χ0n) is 20.6. The Morgan fingerprint density at radius 2 is 1.76 bits per heavy atom. The third kappa shape index (κ3) is 5.45. The molecule has 1 unspecified atom stereocenters. The number of benzene rings is 2. The zero-order valence-corrected chi connectivity index (χ0v) is 20.6. The Bertz CT molecular complexity index is 1110. The van der Waals surface area contributed by atoms with Crippen molar-refractivity contribution in [2.75, 3.05) is 32.8 Å². The molecule has 1 saturated heterocycles. The molecule has 0 amide bonds. The Hall–Kier alpha value is -2.83. The molecule has 34 heavy (non-hydrogen) atoms. The van der Waals surface area contributed by atoms with E-state index in [4.69, 9.17) is 9.47 Å². The van der Waals surface area contributed by atoms with Crippen molar-refractivity contribution >= 4 is 16.9 Å². The number of carbonyl (C=O) groups excluding carboxylic acids is 1. The van der Waals surface area contributed by atoms with E-state index in [-0.39, 0.29) is 12.6 Å². The number of nitrogens with zero attached hydrogens (tertiary/aromatic N) is 1. The zero-order chi connectivity index (χ0) is 24.1. The number of aliphatic hydroxyl groups excluding tert-OH is 1. The molecule has 0 saturated carbocycles. The molecule has 0 bridgehead atoms. The van der Waals surface area contributed by atoms with Crippen LogP contribution in [0.2, 0.25) is 0 Å². The fourth-order valence-electron chi connectivity index (χ4n) is 4.99. The first kappa shape index (κ1) is 24.3. The van der Waals surface area contributed by atoms with Crippen LogP contribution in [0.5, 0.6) is 5.75 Å². The van der Waals surface area contributed by atoms with E-state index in [1.165, 1.54) is 36.1 Å². The highest BCUT2D eigenvalue weighted by Gasteiger charge is 2.23. The third-order valence-corrected chi connectivity index (χ3v) is 6.72. The average molecular weight is 466 g/mol. The molecule has 1 atom stereocenters. The summed E-state index contributed by atoms with van der Waals surface area (Å²) >= 11 is 0. The van der Waals surface area contributed by atoms with Crippen molar-refractivity contribution in [2.24, 2.45) is 0 Å². The van der Waals surface area contributed by atoms with Crippen LogP contribution in [0, 0.1) is 13.8 Å². The van der Waals surface area contributed by atoms with Gasteiger partial charge in [0.15, 0.2) is 0 Å². The van der Waals surface area contributed by atoms with Crippen molar-refractivity contribution in [3.8, 4) is 11.4 Å². The molecule has 4 rings (SSSR count). The summed E-state index contributed by atoms with van der Waals surface area (Å²) in [6.07, 6.45) is 4.52. The molecule has 0 aliphatic carbocycles. The van der Waals surface area contributed by atoms with Crippen LogP contribution >= 0.6 is 0 Å². The lowest BCUT2D eigenvalue weighted by atomic mass is 10.1. The number of nitrogens with one attached hydrogen (secondary N) is 1. The minimum absolute atomic E-state index is 0.237. The van der Waals surface area contributed by atoms with E-state index in [9.17, 15) is 9.90 Å². The summed E-state index contributed by atoms with van der Waals surface area (Å²) in [5.41, 5.74) is 4.48. The monoisotopic (exact) mass is 465 g/mol. The van der Waals surface area contributed by atoms with Crippen molar-refractivity contribution in [2.45, 2.75) is 52.6 Å². The van der Waals surface area contributed by atoms with Gasteiger partial charge in [0.2, 0.25) is 0 Å². The SMILES string of the molecule is CCOC(=O)c1c(C)n(-c2ccc(C)cc2)c2ccc(OCC(O)C[NH+]3CCCCCC3)cc12. The summed E-state index contributed by atoms with van der Waals surface area (Å²) in [4.78, 5) is 14.3. The number of aryl methyl sites for hydroxylation is 1. The van der Waals surface area contributed by atoms with Crippen molar-refractivity contribution in [1.29, 1.82) is 0 Å². The smallest absolute Gasteiger partial charge is 0.340 e. The molecule has 2 aromatic carbocycles. The van der Waals surface area contributed by atoms with E-state index in [0.29, 0.717) is 24.5 Å². The lowest BCUT2D eigenvalue weighted by Crippen LogP contribution is -3.13. The lowest BCUT2D eigenvalue weighted by Gasteiger charge is -2.20. The maximum Gasteiger partial charge on any atom is 0.340 e. The molecule has 0 radical (unpaired) electrons. The number of aliphatic hydroxyl groups is 1. The van der Waals surface area contributed by atoms with Crippen LogP contribution in [0.15, 0.2) is 42.5 Å². The van der Waals surface area contributed by atoms with E-state index >= 15 is 0 Å². The van der Waals surface area contributed by atoms with Crippen LogP contribution in [-0.2, 0) is 4.74 Å². The Labute approximate surface area is 202 Å². The molecule has 182 valence electrons. The molecule has 2 heterocycles. The van der Waals surface area contributed by atoms with Gasteiger partial charge >= 0.3 is 5.97 Å². The average Bonchev–Trinajstić information content (AvgIpc) is 2.94. The minimum atomic E-state index is -0.521.